The number of aliphatic hydroxyl groups excluding tert-OH is 1. The summed E-state index contributed by atoms with van der Waals surface area (Å²) in [5.41, 5.74) is -1.44. The van der Waals surface area contributed by atoms with Gasteiger partial charge in [-0.1, -0.05) is 45.7 Å². The van der Waals surface area contributed by atoms with E-state index in [-0.39, 0.29) is 19.0 Å². The van der Waals surface area contributed by atoms with Crippen molar-refractivity contribution in [2.45, 2.75) is 35.2 Å². The topological polar surface area (TPSA) is 167 Å². The number of aromatic amines is 1. The second-order valence-corrected chi connectivity index (χ2v) is 12.1. The number of benzene rings is 1. The minimum atomic E-state index is -4.14. The number of carbonyl (C=O) groups excluding carboxylic acids is 1. The van der Waals surface area contributed by atoms with E-state index in [2.05, 4.69) is 26.0 Å². The van der Waals surface area contributed by atoms with Gasteiger partial charge in [0, 0.05) is 25.4 Å². The van der Waals surface area contributed by atoms with Crippen LogP contribution in [0.4, 0.5) is 0 Å². The van der Waals surface area contributed by atoms with Gasteiger partial charge < -0.3 is 23.8 Å². The van der Waals surface area contributed by atoms with Crippen molar-refractivity contribution in [3.05, 3.63) is 63.4 Å². The Morgan fingerprint density at radius 1 is 1.35 bits per heavy atom. The molecule has 1 aliphatic heterocycles. The highest BCUT2D eigenvalue weighted by Crippen LogP contribution is 2.50. The molecule has 0 bridgehead atoms. The van der Waals surface area contributed by atoms with Crippen LogP contribution in [0.1, 0.15) is 13.2 Å². The molecule has 37 heavy (non-hydrogen) atoms. The van der Waals surface area contributed by atoms with Gasteiger partial charge in [0.15, 0.2) is 10.0 Å². The smallest absolute Gasteiger partial charge is 0.459 e. The zero-order chi connectivity index (χ0) is 27.2. The van der Waals surface area contributed by atoms with Gasteiger partial charge in [-0.25, -0.2) is 19.2 Å². The molecule has 3 rings (SSSR count). The summed E-state index contributed by atoms with van der Waals surface area (Å²) < 4.78 is 39.6. The number of methoxy groups -OCH3 is 1. The molecule has 3 N–H and O–H groups in total. The number of hydrogen-bond acceptors (Lipinski definition) is 10. The first-order valence-corrected chi connectivity index (χ1v) is 13.6. The molecule has 204 valence electrons. The number of H-pyrrole nitrogens is 1. The molecule has 1 aliphatic rings. The van der Waals surface area contributed by atoms with E-state index in [1.165, 1.54) is 7.11 Å². The van der Waals surface area contributed by atoms with Crippen molar-refractivity contribution < 1.29 is 37.7 Å². The van der Waals surface area contributed by atoms with Crippen LogP contribution in [0.3, 0.4) is 0 Å². The van der Waals surface area contributed by atoms with Gasteiger partial charge in [-0.2, -0.15) is 0 Å². The van der Waals surface area contributed by atoms with Crippen LogP contribution in [0.25, 0.3) is 0 Å². The Bertz CT molecular complexity index is 1230. The quantitative estimate of drug-likeness (QED) is 0.177. The number of carbonyl (C=O) groups is 1. The predicted octanol–water partition coefficient (Wildman–Crippen LogP) is 1.50. The van der Waals surface area contributed by atoms with Crippen LogP contribution in [0.2, 0.25) is 0 Å². The van der Waals surface area contributed by atoms with E-state index in [1.54, 1.807) is 37.3 Å². The number of nitrogens with one attached hydrogen (secondary N) is 2. The maximum Gasteiger partial charge on any atom is 0.459 e. The Labute approximate surface area is 224 Å². The zero-order valence-electron chi connectivity index (χ0n) is 19.7. The predicted molar refractivity (Wildman–Crippen MR) is 135 cm³/mol. The van der Waals surface area contributed by atoms with Gasteiger partial charge in [-0.3, -0.25) is 18.9 Å². The highest BCUT2D eigenvalue weighted by Gasteiger charge is 2.55. The van der Waals surface area contributed by atoms with Gasteiger partial charge in [0.1, 0.15) is 31.2 Å². The Morgan fingerprint density at radius 3 is 2.70 bits per heavy atom. The summed E-state index contributed by atoms with van der Waals surface area (Å²) in [4.78, 5) is 37.3. The lowest BCUT2D eigenvalue weighted by molar-refractivity contribution is -0.148. The summed E-state index contributed by atoms with van der Waals surface area (Å²) in [6, 6.07) is 8.60. The minimum absolute atomic E-state index is 0.167. The van der Waals surface area contributed by atoms with Crippen molar-refractivity contribution in [1.82, 2.24) is 14.6 Å². The molecule has 0 amide bonds. The molecule has 13 nitrogen and oxygen atoms in total. The van der Waals surface area contributed by atoms with Crippen LogP contribution in [-0.2, 0) is 28.1 Å². The average molecular weight is 627 g/mol. The molecule has 0 saturated carbocycles. The van der Waals surface area contributed by atoms with Crippen LogP contribution in [0, 0.1) is 0 Å². The molecule has 0 radical (unpaired) electrons. The molecule has 0 aliphatic carbocycles. The van der Waals surface area contributed by atoms with Gasteiger partial charge in [-0.05, 0) is 19.1 Å². The Balaban J connectivity index is 1.74. The van der Waals surface area contributed by atoms with E-state index in [0.29, 0.717) is 0 Å². The Kier molecular flexibility index (Phi) is 10.1. The maximum absolute atomic E-state index is 13.6. The third-order valence-corrected chi connectivity index (χ3v) is 7.96. The molecule has 1 unspecified atom stereocenters. The fraction of sp³-hybridized carbons (Fsp3) is 0.476. The maximum atomic E-state index is 13.6. The van der Waals surface area contributed by atoms with Crippen molar-refractivity contribution in [1.29, 1.82) is 0 Å². The number of para-hydroxylation sites is 1. The Morgan fingerprint density at radius 2 is 2.05 bits per heavy atom. The first-order valence-electron chi connectivity index (χ1n) is 10.9. The molecule has 1 fully saturated rings. The van der Waals surface area contributed by atoms with E-state index >= 15 is 0 Å². The number of aromatic nitrogens is 2. The largest absolute Gasteiger partial charge is 0.462 e. The van der Waals surface area contributed by atoms with Crippen LogP contribution in [0.5, 0.6) is 5.75 Å². The standard InChI is InChI=1S/C21H26BrClN3O10P/c1-13(10-33-17(28)12-32-2)25-37(31,36-14-6-4-3-5-7-14)34-11-15-18(29)21(22,23)19(35-15)26-9-8-16(27)24-20(26)30/h3-9,13,15,18-19,29H,10-12H2,1-2H3,(H,25,31)(H,24,27,30)/t13-,15+,18+,19+,21-,37?/m0/s1. The minimum Gasteiger partial charge on any atom is -0.462 e. The highest BCUT2D eigenvalue weighted by atomic mass is 79.9. The van der Waals surface area contributed by atoms with Crippen LogP contribution in [0.15, 0.2) is 52.2 Å². The van der Waals surface area contributed by atoms with E-state index in [0.717, 1.165) is 16.8 Å². The summed E-state index contributed by atoms with van der Waals surface area (Å²) in [7, 11) is -2.79. The summed E-state index contributed by atoms with van der Waals surface area (Å²) in [6.45, 7) is 0.694. The van der Waals surface area contributed by atoms with Gasteiger partial charge in [-0.15, -0.1) is 0 Å². The molecule has 1 saturated heterocycles. The number of rotatable bonds is 12. The van der Waals surface area contributed by atoms with Crippen LogP contribution >= 0.6 is 35.3 Å². The normalized spacial score (nSPS) is 25.8. The molecule has 2 heterocycles. The number of hydrogen-bond donors (Lipinski definition) is 3. The number of esters is 1. The van der Waals surface area contributed by atoms with Crippen molar-refractivity contribution in [3.8, 4) is 5.75 Å². The average Bonchev–Trinajstić information content (AvgIpc) is 3.06. The molecule has 1 aromatic carbocycles. The highest BCUT2D eigenvalue weighted by molar-refractivity contribution is 9.10. The second-order valence-electron chi connectivity index (χ2n) is 8.01. The Hall–Kier alpha value is -2.03. The summed E-state index contributed by atoms with van der Waals surface area (Å²) in [5, 5.41) is 13.4. The van der Waals surface area contributed by atoms with E-state index in [9.17, 15) is 24.1 Å². The SMILES string of the molecule is COCC(=O)OC[C@H](C)NP(=O)(OC[C@H]1O[C@@H](n2ccc(=O)[nH]c2=O)[C@](Cl)(Br)[C@@H]1O)Oc1ccccc1. The lowest BCUT2D eigenvalue weighted by atomic mass is 10.2. The molecule has 6 atom stereocenters. The fourth-order valence-corrected chi connectivity index (χ4v) is 5.74. The van der Waals surface area contributed by atoms with Crippen molar-refractivity contribution >= 4 is 41.2 Å². The van der Waals surface area contributed by atoms with E-state index in [1.807, 2.05) is 0 Å². The van der Waals surface area contributed by atoms with Gasteiger partial charge in [0.25, 0.3) is 5.56 Å². The lowest BCUT2D eigenvalue weighted by Crippen LogP contribution is -2.41. The molecule has 0 spiro atoms. The number of aliphatic hydroxyl groups is 1. The fourth-order valence-electron chi connectivity index (χ4n) is 3.28. The third kappa shape index (κ3) is 7.74. The van der Waals surface area contributed by atoms with Crippen LogP contribution < -0.4 is 20.9 Å². The van der Waals surface area contributed by atoms with E-state index < -0.39 is 59.8 Å². The third-order valence-electron chi connectivity index (χ3n) is 5.00. The van der Waals surface area contributed by atoms with Crippen LogP contribution in [-0.4, -0.2) is 69.6 Å². The van der Waals surface area contributed by atoms with Gasteiger partial charge in [0.2, 0.25) is 0 Å². The number of halogens is 2. The van der Waals surface area contributed by atoms with Gasteiger partial charge in [0.05, 0.1) is 6.61 Å². The molecule has 2 aromatic rings. The summed E-state index contributed by atoms with van der Waals surface area (Å²) in [6.07, 6.45) is -2.72. The van der Waals surface area contributed by atoms with Gasteiger partial charge >= 0.3 is 19.4 Å². The summed E-state index contributed by atoms with van der Waals surface area (Å²) >= 11 is 9.62. The number of alkyl halides is 2. The number of ether oxygens (including phenoxy) is 3. The molecule has 16 heteroatoms. The monoisotopic (exact) mass is 625 g/mol. The zero-order valence-corrected chi connectivity index (χ0v) is 23.0. The molecular formula is C21H26BrClN3O10P. The van der Waals surface area contributed by atoms with E-state index in [4.69, 9.17) is 34.9 Å². The van der Waals surface area contributed by atoms with Crippen molar-refractivity contribution in [2.75, 3.05) is 26.9 Å². The first kappa shape index (κ1) is 29.5. The molecular weight excluding hydrogens is 601 g/mol. The number of nitrogens with zero attached hydrogens (tertiary/aromatic N) is 1. The van der Waals surface area contributed by atoms with Crippen molar-refractivity contribution in [3.63, 3.8) is 0 Å². The lowest BCUT2D eigenvalue weighted by Gasteiger charge is -2.25. The first-order chi connectivity index (χ1) is 17.4. The molecule has 1 aromatic heterocycles. The second kappa shape index (κ2) is 12.7. The van der Waals surface area contributed by atoms with Crippen molar-refractivity contribution in [2.24, 2.45) is 0 Å². The summed E-state index contributed by atoms with van der Waals surface area (Å²) in [5.74, 6) is -0.391.